The Morgan fingerprint density at radius 2 is 2.37 bits per heavy atom. The normalized spacial score (nSPS) is 19.6. The number of carbonyl (C=O) groups is 1. The van der Waals surface area contributed by atoms with E-state index in [0.717, 1.165) is 35.4 Å². The van der Waals surface area contributed by atoms with Crippen LogP contribution in [0.25, 0.3) is 0 Å². The molecule has 2 heterocycles. The Kier molecular flexibility index (Phi) is 5.13. The van der Waals surface area contributed by atoms with Crippen molar-refractivity contribution in [1.82, 2.24) is 15.1 Å². The minimum absolute atomic E-state index is 0.116. The SMILES string of the molecule is CCc1nn(CC)c(CC(=O)C2CNCCO2)c1Br. The maximum Gasteiger partial charge on any atom is 0.168 e. The number of nitrogens with one attached hydrogen (secondary N) is 1. The number of halogens is 1. The van der Waals surface area contributed by atoms with E-state index in [0.29, 0.717) is 19.6 Å². The first-order chi connectivity index (χ1) is 9.17. The maximum atomic E-state index is 12.3. The van der Waals surface area contributed by atoms with Crippen molar-refractivity contribution in [2.45, 2.75) is 39.3 Å². The Morgan fingerprint density at radius 3 is 2.95 bits per heavy atom. The van der Waals surface area contributed by atoms with Gasteiger partial charge in [-0.2, -0.15) is 5.10 Å². The topological polar surface area (TPSA) is 56.2 Å². The van der Waals surface area contributed by atoms with Crippen molar-refractivity contribution < 1.29 is 9.53 Å². The summed E-state index contributed by atoms with van der Waals surface area (Å²) < 4.78 is 8.37. The van der Waals surface area contributed by atoms with Crippen LogP contribution in [-0.4, -0.2) is 41.4 Å². The van der Waals surface area contributed by atoms with Crippen molar-refractivity contribution in [1.29, 1.82) is 0 Å². The first-order valence-corrected chi connectivity index (χ1v) is 7.55. The predicted octanol–water partition coefficient (Wildman–Crippen LogP) is 1.33. The van der Waals surface area contributed by atoms with Crippen molar-refractivity contribution in [3.05, 3.63) is 15.9 Å². The highest BCUT2D eigenvalue weighted by Crippen LogP contribution is 2.23. The number of Topliss-reactive ketones (excluding diaryl/α,β-unsaturated/α-hetero) is 1. The molecule has 1 aromatic heterocycles. The summed E-state index contributed by atoms with van der Waals surface area (Å²) in [4.78, 5) is 12.3. The molecule has 1 saturated heterocycles. The molecule has 6 heteroatoms. The molecule has 2 rings (SSSR count). The predicted molar refractivity (Wildman–Crippen MR) is 76.3 cm³/mol. The molecule has 0 saturated carbocycles. The van der Waals surface area contributed by atoms with Gasteiger partial charge in [0.2, 0.25) is 0 Å². The van der Waals surface area contributed by atoms with Gasteiger partial charge in [0.05, 0.1) is 28.9 Å². The molecular weight excluding hydrogens is 310 g/mol. The fraction of sp³-hybridized carbons (Fsp3) is 0.692. The zero-order valence-corrected chi connectivity index (χ0v) is 13.0. The van der Waals surface area contributed by atoms with Crippen molar-refractivity contribution in [3.63, 3.8) is 0 Å². The smallest absolute Gasteiger partial charge is 0.168 e. The molecule has 0 radical (unpaired) electrons. The van der Waals surface area contributed by atoms with Gasteiger partial charge >= 0.3 is 0 Å². The van der Waals surface area contributed by atoms with E-state index >= 15 is 0 Å². The molecule has 1 aliphatic heterocycles. The molecule has 1 N–H and O–H groups in total. The van der Waals surface area contributed by atoms with E-state index < -0.39 is 0 Å². The summed E-state index contributed by atoms with van der Waals surface area (Å²) in [6.07, 6.45) is 0.898. The van der Waals surface area contributed by atoms with Crippen LogP contribution in [0.3, 0.4) is 0 Å². The second-order valence-electron chi connectivity index (χ2n) is 4.58. The van der Waals surface area contributed by atoms with Crippen LogP contribution in [0, 0.1) is 0 Å². The van der Waals surface area contributed by atoms with Crippen molar-refractivity contribution in [2.24, 2.45) is 0 Å². The van der Waals surface area contributed by atoms with Gasteiger partial charge in [0.1, 0.15) is 6.10 Å². The molecule has 0 aromatic carbocycles. The van der Waals surface area contributed by atoms with Gasteiger partial charge in [-0.1, -0.05) is 6.92 Å². The van der Waals surface area contributed by atoms with Gasteiger partial charge in [0, 0.05) is 19.6 Å². The van der Waals surface area contributed by atoms with Gasteiger partial charge in [-0.15, -0.1) is 0 Å². The molecule has 0 aliphatic carbocycles. The van der Waals surface area contributed by atoms with Crippen LogP contribution in [0.4, 0.5) is 0 Å². The molecule has 1 unspecified atom stereocenters. The summed E-state index contributed by atoms with van der Waals surface area (Å²) in [5.41, 5.74) is 1.96. The largest absolute Gasteiger partial charge is 0.368 e. The summed E-state index contributed by atoms with van der Waals surface area (Å²) in [6, 6.07) is 0. The van der Waals surface area contributed by atoms with Gasteiger partial charge in [0.15, 0.2) is 5.78 Å². The molecule has 0 amide bonds. The first kappa shape index (κ1) is 14.7. The molecule has 1 atom stereocenters. The molecule has 1 aromatic rings. The summed E-state index contributed by atoms with van der Waals surface area (Å²) in [6.45, 7) is 6.89. The van der Waals surface area contributed by atoms with Crippen LogP contribution in [0.15, 0.2) is 4.47 Å². The summed E-state index contributed by atoms with van der Waals surface area (Å²) in [5.74, 6) is 0.116. The number of aromatic nitrogens is 2. The van der Waals surface area contributed by atoms with E-state index in [1.165, 1.54) is 0 Å². The molecule has 19 heavy (non-hydrogen) atoms. The summed E-state index contributed by atoms with van der Waals surface area (Å²) in [7, 11) is 0. The lowest BCUT2D eigenvalue weighted by atomic mass is 10.1. The van der Waals surface area contributed by atoms with E-state index in [1.807, 2.05) is 11.6 Å². The van der Waals surface area contributed by atoms with Crippen LogP contribution in [-0.2, 0) is 28.9 Å². The monoisotopic (exact) mass is 329 g/mol. The number of rotatable bonds is 5. The highest BCUT2D eigenvalue weighted by atomic mass is 79.9. The van der Waals surface area contributed by atoms with Gasteiger partial charge in [-0.3, -0.25) is 9.48 Å². The van der Waals surface area contributed by atoms with E-state index in [9.17, 15) is 4.79 Å². The number of nitrogens with zero attached hydrogens (tertiary/aromatic N) is 2. The molecule has 1 fully saturated rings. The van der Waals surface area contributed by atoms with Crippen molar-refractivity contribution in [2.75, 3.05) is 19.7 Å². The first-order valence-electron chi connectivity index (χ1n) is 6.76. The summed E-state index contributed by atoms with van der Waals surface area (Å²) in [5, 5.41) is 7.69. The summed E-state index contributed by atoms with van der Waals surface area (Å²) >= 11 is 3.56. The fourth-order valence-corrected chi connectivity index (χ4v) is 2.94. The number of ketones is 1. The third-order valence-corrected chi connectivity index (χ3v) is 4.24. The maximum absolute atomic E-state index is 12.3. The van der Waals surface area contributed by atoms with Gasteiger partial charge in [0.25, 0.3) is 0 Å². The van der Waals surface area contributed by atoms with E-state index in [4.69, 9.17) is 4.74 Å². The van der Waals surface area contributed by atoms with Crippen LogP contribution in [0.2, 0.25) is 0 Å². The molecule has 1 aliphatic rings. The molecule has 0 bridgehead atoms. The molecule has 106 valence electrons. The minimum Gasteiger partial charge on any atom is -0.368 e. The minimum atomic E-state index is -0.328. The van der Waals surface area contributed by atoms with E-state index in [2.05, 4.69) is 33.3 Å². The lowest BCUT2D eigenvalue weighted by Crippen LogP contribution is -2.43. The van der Waals surface area contributed by atoms with E-state index in [1.54, 1.807) is 0 Å². The second kappa shape index (κ2) is 6.63. The Hall–Kier alpha value is -0.720. The average Bonchev–Trinajstić information content (AvgIpc) is 2.76. The van der Waals surface area contributed by atoms with Crippen molar-refractivity contribution >= 4 is 21.7 Å². The number of hydrogen-bond donors (Lipinski definition) is 1. The lowest BCUT2D eigenvalue weighted by molar-refractivity contribution is -0.131. The lowest BCUT2D eigenvalue weighted by Gasteiger charge is -2.22. The fourth-order valence-electron chi connectivity index (χ4n) is 2.24. The highest BCUT2D eigenvalue weighted by Gasteiger charge is 2.25. The third kappa shape index (κ3) is 3.24. The van der Waals surface area contributed by atoms with Gasteiger partial charge in [-0.25, -0.2) is 0 Å². The van der Waals surface area contributed by atoms with Gasteiger partial charge in [-0.05, 0) is 29.3 Å². The zero-order valence-electron chi connectivity index (χ0n) is 11.4. The molecule has 0 spiro atoms. The number of ether oxygens (including phenoxy) is 1. The number of aryl methyl sites for hydroxylation is 2. The Morgan fingerprint density at radius 1 is 1.58 bits per heavy atom. The Bertz CT molecular complexity index is 453. The van der Waals surface area contributed by atoms with E-state index in [-0.39, 0.29) is 11.9 Å². The Labute approximate surface area is 121 Å². The van der Waals surface area contributed by atoms with Crippen LogP contribution in [0.5, 0.6) is 0 Å². The Balaban J connectivity index is 2.13. The number of hydrogen-bond acceptors (Lipinski definition) is 4. The van der Waals surface area contributed by atoms with Crippen LogP contribution >= 0.6 is 15.9 Å². The standard InChI is InChI=1S/C13H20BrN3O2/c1-3-9-13(14)10(17(4-2)16-9)7-11(18)12-8-15-5-6-19-12/h12,15H,3-8H2,1-2H3. The van der Waals surface area contributed by atoms with Crippen LogP contribution < -0.4 is 5.32 Å². The molecule has 5 nitrogen and oxygen atoms in total. The second-order valence-corrected chi connectivity index (χ2v) is 5.38. The van der Waals surface area contributed by atoms with Crippen molar-refractivity contribution in [3.8, 4) is 0 Å². The molecular formula is C13H20BrN3O2. The quantitative estimate of drug-likeness (QED) is 0.885. The number of carbonyl (C=O) groups excluding carboxylic acids is 1. The average molecular weight is 330 g/mol. The highest BCUT2D eigenvalue weighted by molar-refractivity contribution is 9.10. The third-order valence-electron chi connectivity index (χ3n) is 3.32. The number of morpholine rings is 1. The zero-order chi connectivity index (χ0) is 13.8. The van der Waals surface area contributed by atoms with Gasteiger partial charge < -0.3 is 10.1 Å². The van der Waals surface area contributed by atoms with Crippen LogP contribution in [0.1, 0.15) is 25.2 Å².